The van der Waals surface area contributed by atoms with Crippen LogP contribution in [-0.4, -0.2) is 18.6 Å². The number of ether oxygens (including phenoxy) is 1. The number of hydrogen-bond acceptors (Lipinski definition) is 3. The second-order valence-corrected chi connectivity index (χ2v) is 4.90. The van der Waals surface area contributed by atoms with Crippen LogP contribution in [0.1, 0.15) is 24.2 Å². The van der Waals surface area contributed by atoms with E-state index in [-0.39, 0.29) is 6.04 Å². The average molecular weight is 291 g/mol. The molecule has 0 radical (unpaired) electrons. The highest BCUT2D eigenvalue weighted by Crippen LogP contribution is 2.27. The van der Waals surface area contributed by atoms with Crippen LogP contribution < -0.4 is 10.1 Å². The summed E-state index contributed by atoms with van der Waals surface area (Å²) in [5, 5.41) is 4.13. The average Bonchev–Trinajstić information content (AvgIpc) is 2.48. The lowest BCUT2D eigenvalue weighted by atomic mass is 10.0. The third-order valence-corrected chi connectivity index (χ3v) is 3.50. The number of pyridine rings is 1. The van der Waals surface area contributed by atoms with Crippen molar-refractivity contribution in [1.29, 1.82) is 0 Å². The van der Waals surface area contributed by atoms with Crippen molar-refractivity contribution in [3.63, 3.8) is 0 Å². The molecular weight excluding hydrogens is 272 g/mol. The van der Waals surface area contributed by atoms with Gasteiger partial charge in [0.1, 0.15) is 5.75 Å². The summed E-state index contributed by atoms with van der Waals surface area (Å²) in [6.07, 6.45) is 2.56. The molecule has 2 rings (SSSR count). The molecule has 1 atom stereocenters. The quantitative estimate of drug-likeness (QED) is 0.882. The maximum absolute atomic E-state index is 6.26. The minimum absolute atomic E-state index is 0.0741. The Balaban J connectivity index is 2.28. The summed E-state index contributed by atoms with van der Waals surface area (Å²) in [7, 11) is 1.69. The number of likely N-dealkylation sites (N-methyl/N-ethyl adjacent to an activating group) is 1. The van der Waals surface area contributed by atoms with Crippen molar-refractivity contribution in [1.82, 2.24) is 10.3 Å². The lowest BCUT2D eigenvalue weighted by molar-refractivity contribution is 0.405. The van der Waals surface area contributed by atoms with Crippen LogP contribution in [-0.2, 0) is 6.42 Å². The van der Waals surface area contributed by atoms with Crippen LogP contribution in [0.15, 0.2) is 42.6 Å². The lowest BCUT2D eigenvalue weighted by Crippen LogP contribution is -2.24. The highest BCUT2D eigenvalue weighted by atomic mass is 35.5. The number of aromatic nitrogens is 1. The summed E-state index contributed by atoms with van der Waals surface area (Å²) in [4.78, 5) is 4.41. The van der Waals surface area contributed by atoms with E-state index in [1.54, 1.807) is 13.3 Å². The van der Waals surface area contributed by atoms with E-state index in [0.717, 1.165) is 30.0 Å². The molecular formula is C16H19ClN2O. The van der Waals surface area contributed by atoms with Crippen molar-refractivity contribution in [2.45, 2.75) is 19.4 Å². The zero-order chi connectivity index (χ0) is 14.4. The van der Waals surface area contributed by atoms with Gasteiger partial charge in [-0.2, -0.15) is 0 Å². The van der Waals surface area contributed by atoms with Crippen molar-refractivity contribution >= 4 is 11.6 Å². The van der Waals surface area contributed by atoms with Gasteiger partial charge in [0, 0.05) is 6.20 Å². The van der Waals surface area contributed by atoms with Gasteiger partial charge in [-0.15, -0.1) is 0 Å². The minimum Gasteiger partial charge on any atom is -0.496 e. The molecule has 0 aliphatic heterocycles. The van der Waals surface area contributed by atoms with E-state index >= 15 is 0 Å². The maximum Gasteiger partial charge on any atom is 0.122 e. The monoisotopic (exact) mass is 290 g/mol. The van der Waals surface area contributed by atoms with E-state index in [1.165, 1.54) is 0 Å². The predicted octanol–water partition coefficient (Wildman–Crippen LogP) is 3.64. The number of benzene rings is 1. The maximum atomic E-state index is 6.26. The number of nitrogens with one attached hydrogen (secondary N) is 1. The minimum atomic E-state index is 0.0741. The Morgan fingerprint density at radius 1 is 1.25 bits per heavy atom. The van der Waals surface area contributed by atoms with Crippen LogP contribution in [0.2, 0.25) is 5.02 Å². The van der Waals surface area contributed by atoms with Crippen LogP contribution in [0.3, 0.4) is 0 Å². The molecule has 0 bridgehead atoms. The van der Waals surface area contributed by atoms with Crippen molar-refractivity contribution < 1.29 is 4.74 Å². The van der Waals surface area contributed by atoms with E-state index in [9.17, 15) is 0 Å². The van der Waals surface area contributed by atoms with Gasteiger partial charge in [-0.1, -0.05) is 36.7 Å². The number of rotatable bonds is 6. The summed E-state index contributed by atoms with van der Waals surface area (Å²) in [5.41, 5.74) is 2.02. The molecule has 1 aromatic carbocycles. The first-order valence-electron chi connectivity index (χ1n) is 6.72. The van der Waals surface area contributed by atoms with Crippen molar-refractivity contribution in [3.8, 4) is 5.75 Å². The third kappa shape index (κ3) is 3.50. The van der Waals surface area contributed by atoms with Gasteiger partial charge in [0.15, 0.2) is 0 Å². The van der Waals surface area contributed by atoms with E-state index < -0.39 is 0 Å². The largest absolute Gasteiger partial charge is 0.496 e. The fourth-order valence-corrected chi connectivity index (χ4v) is 2.51. The molecule has 106 valence electrons. The molecule has 20 heavy (non-hydrogen) atoms. The molecule has 0 saturated heterocycles. The standard InChI is InChI=1S/C16H19ClN2O/c1-3-18-14(16-13(17)8-6-10-19-16)11-12-7-4-5-9-15(12)20-2/h4-10,14,18H,3,11H2,1-2H3. The van der Waals surface area contributed by atoms with Gasteiger partial charge in [0.05, 0.1) is 23.9 Å². The number of nitrogens with zero attached hydrogens (tertiary/aromatic N) is 1. The molecule has 0 aliphatic carbocycles. The topological polar surface area (TPSA) is 34.1 Å². The molecule has 0 saturated carbocycles. The number of halogens is 1. The Labute approximate surface area is 124 Å². The second kappa shape index (κ2) is 7.27. The molecule has 1 heterocycles. The smallest absolute Gasteiger partial charge is 0.122 e. The Morgan fingerprint density at radius 2 is 2.05 bits per heavy atom. The first-order valence-corrected chi connectivity index (χ1v) is 7.09. The predicted molar refractivity (Wildman–Crippen MR) is 82.4 cm³/mol. The van der Waals surface area contributed by atoms with Gasteiger partial charge < -0.3 is 10.1 Å². The van der Waals surface area contributed by atoms with Crippen LogP contribution in [0.4, 0.5) is 0 Å². The number of para-hydroxylation sites is 1. The Bertz CT molecular complexity index is 560. The molecule has 1 aromatic heterocycles. The second-order valence-electron chi connectivity index (χ2n) is 4.50. The summed E-state index contributed by atoms with van der Waals surface area (Å²) >= 11 is 6.26. The van der Waals surface area contributed by atoms with Gasteiger partial charge in [-0.3, -0.25) is 4.98 Å². The van der Waals surface area contributed by atoms with E-state index in [1.807, 2.05) is 30.3 Å². The number of methoxy groups -OCH3 is 1. The van der Waals surface area contributed by atoms with Gasteiger partial charge in [0.25, 0.3) is 0 Å². The van der Waals surface area contributed by atoms with Crippen LogP contribution in [0.5, 0.6) is 5.75 Å². The zero-order valence-electron chi connectivity index (χ0n) is 11.8. The van der Waals surface area contributed by atoms with Crippen LogP contribution in [0.25, 0.3) is 0 Å². The highest BCUT2D eigenvalue weighted by Gasteiger charge is 2.17. The molecule has 3 nitrogen and oxygen atoms in total. The summed E-state index contributed by atoms with van der Waals surface area (Å²) in [6.45, 7) is 2.93. The summed E-state index contributed by atoms with van der Waals surface area (Å²) in [6, 6.07) is 11.8. The summed E-state index contributed by atoms with van der Waals surface area (Å²) in [5.74, 6) is 0.891. The van der Waals surface area contributed by atoms with Gasteiger partial charge in [-0.25, -0.2) is 0 Å². The van der Waals surface area contributed by atoms with Crippen molar-refractivity contribution in [2.24, 2.45) is 0 Å². The molecule has 0 fully saturated rings. The number of hydrogen-bond donors (Lipinski definition) is 1. The molecule has 1 N–H and O–H groups in total. The van der Waals surface area contributed by atoms with Gasteiger partial charge in [-0.05, 0) is 36.7 Å². The van der Waals surface area contributed by atoms with Gasteiger partial charge in [0.2, 0.25) is 0 Å². The third-order valence-electron chi connectivity index (χ3n) is 3.18. The zero-order valence-corrected chi connectivity index (χ0v) is 12.5. The fraction of sp³-hybridized carbons (Fsp3) is 0.312. The SMILES string of the molecule is CCNC(Cc1ccccc1OC)c1ncccc1Cl. The molecule has 0 amide bonds. The molecule has 2 aromatic rings. The van der Waals surface area contributed by atoms with Crippen LogP contribution >= 0.6 is 11.6 Å². The van der Waals surface area contributed by atoms with E-state index in [0.29, 0.717) is 5.02 Å². The van der Waals surface area contributed by atoms with E-state index in [2.05, 4.69) is 23.3 Å². The normalized spacial score (nSPS) is 12.2. The molecule has 0 aliphatic rings. The van der Waals surface area contributed by atoms with Crippen LogP contribution in [0, 0.1) is 0 Å². The molecule has 4 heteroatoms. The first-order chi connectivity index (χ1) is 9.76. The Morgan fingerprint density at radius 3 is 2.75 bits per heavy atom. The Hall–Kier alpha value is -1.58. The lowest BCUT2D eigenvalue weighted by Gasteiger charge is -2.19. The highest BCUT2D eigenvalue weighted by molar-refractivity contribution is 6.31. The van der Waals surface area contributed by atoms with Crippen molar-refractivity contribution in [3.05, 3.63) is 58.9 Å². The Kier molecular flexibility index (Phi) is 5.39. The van der Waals surface area contributed by atoms with Gasteiger partial charge >= 0.3 is 0 Å². The van der Waals surface area contributed by atoms with Crippen molar-refractivity contribution in [2.75, 3.05) is 13.7 Å². The molecule has 0 spiro atoms. The fourth-order valence-electron chi connectivity index (χ4n) is 2.26. The van der Waals surface area contributed by atoms with E-state index in [4.69, 9.17) is 16.3 Å². The molecule has 1 unspecified atom stereocenters. The summed E-state index contributed by atoms with van der Waals surface area (Å²) < 4.78 is 5.41. The first kappa shape index (κ1) is 14.8.